The van der Waals surface area contributed by atoms with Crippen molar-refractivity contribution in [2.45, 2.75) is 25.3 Å². The van der Waals surface area contributed by atoms with Crippen LogP contribution < -0.4 is 5.32 Å². The number of H-pyrrole nitrogens is 1. The van der Waals surface area contributed by atoms with Crippen LogP contribution in [0.2, 0.25) is 0 Å². The lowest BCUT2D eigenvalue weighted by Crippen LogP contribution is -2.43. The van der Waals surface area contributed by atoms with Gasteiger partial charge in [-0.2, -0.15) is 0 Å². The van der Waals surface area contributed by atoms with Gasteiger partial charge >= 0.3 is 12.0 Å². The third-order valence-corrected chi connectivity index (χ3v) is 4.39. The average molecular weight is 328 g/mol. The molecule has 1 aromatic heterocycles. The van der Waals surface area contributed by atoms with E-state index in [1.54, 1.807) is 30.6 Å². The molecule has 3 N–H and O–H groups in total. The van der Waals surface area contributed by atoms with Gasteiger partial charge in [0.2, 0.25) is 0 Å². The molecule has 1 aliphatic rings. The molecule has 7 heteroatoms. The third-order valence-electron chi connectivity index (χ3n) is 4.39. The highest BCUT2D eigenvalue weighted by Gasteiger charge is 2.24. The number of aromatic amines is 1. The SMILES string of the molecule is O=C(O)c1ccc(CNC(=O)N2CCC(c3cnc[nH]3)CC2)cc1. The number of carbonyl (C=O) groups is 2. The number of amides is 2. The molecule has 0 atom stereocenters. The van der Waals surface area contributed by atoms with E-state index in [1.807, 2.05) is 11.1 Å². The molecule has 2 amide bonds. The van der Waals surface area contributed by atoms with E-state index in [9.17, 15) is 9.59 Å². The van der Waals surface area contributed by atoms with Crippen molar-refractivity contribution < 1.29 is 14.7 Å². The molecule has 1 fully saturated rings. The Balaban J connectivity index is 1.46. The third kappa shape index (κ3) is 3.73. The van der Waals surface area contributed by atoms with Crippen LogP contribution >= 0.6 is 0 Å². The number of piperidine rings is 1. The Hall–Kier alpha value is -2.83. The van der Waals surface area contributed by atoms with Gasteiger partial charge in [0, 0.05) is 37.4 Å². The van der Waals surface area contributed by atoms with Gasteiger partial charge in [0.1, 0.15) is 0 Å². The number of carbonyl (C=O) groups excluding carboxylic acids is 1. The molecule has 1 aromatic carbocycles. The van der Waals surface area contributed by atoms with E-state index in [-0.39, 0.29) is 11.6 Å². The summed E-state index contributed by atoms with van der Waals surface area (Å²) >= 11 is 0. The summed E-state index contributed by atoms with van der Waals surface area (Å²) in [5.41, 5.74) is 2.25. The quantitative estimate of drug-likeness (QED) is 0.801. The lowest BCUT2D eigenvalue weighted by molar-refractivity contribution is 0.0697. The molecule has 3 rings (SSSR count). The van der Waals surface area contributed by atoms with Crippen LogP contribution in [0.25, 0.3) is 0 Å². The number of rotatable bonds is 4. The zero-order valence-electron chi connectivity index (χ0n) is 13.2. The van der Waals surface area contributed by atoms with Gasteiger partial charge in [-0.1, -0.05) is 12.1 Å². The van der Waals surface area contributed by atoms with Crippen LogP contribution in [-0.2, 0) is 6.54 Å². The first-order chi connectivity index (χ1) is 11.6. The monoisotopic (exact) mass is 328 g/mol. The van der Waals surface area contributed by atoms with Gasteiger partial charge in [0.05, 0.1) is 11.9 Å². The Kier molecular flexibility index (Phi) is 4.79. The molecule has 1 saturated heterocycles. The highest BCUT2D eigenvalue weighted by atomic mass is 16.4. The number of aromatic carboxylic acids is 1. The first kappa shape index (κ1) is 16.0. The minimum atomic E-state index is -0.953. The summed E-state index contributed by atoms with van der Waals surface area (Å²) in [5.74, 6) is -0.522. The molecule has 2 aromatic rings. The number of nitrogens with zero attached hydrogens (tertiary/aromatic N) is 2. The molecule has 0 saturated carbocycles. The summed E-state index contributed by atoms with van der Waals surface area (Å²) in [6, 6.07) is 6.43. The number of urea groups is 1. The molecule has 0 radical (unpaired) electrons. The van der Waals surface area contributed by atoms with E-state index in [2.05, 4.69) is 15.3 Å². The normalized spacial score (nSPS) is 15.2. The maximum Gasteiger partial charge on any atom is 0.335 e. The van der Waals surface area contributed by atoms with Crippen molar-refractivity contribution in [1.29, 1.82) is 0 Å². The van der Waals surface area contributed by atoms with Gasteiger partial charge in [-0.05, 0) is 30.5 Å². The van der Waals surface area contributed by atoms with Crippen LogP contribution in [0.5, 0.6) is 0 Å². The molecule has 0 bridgehead atoms. The van der Waals surface area contributed by atoms with E-state index >= 15 is 0 Å². The largest absolute Gasteiger partial charge is 0.478 e. The van der Waals surface area contributed by atoms with E-state index < -0.39 is 5.97 Å². The van der Waals surface area contributed by atoms with Gasteiger partial charge in [-0.15, -0.1) is 0 Å². The van der Waals surface area contributed by atoms with Gasteiger partial charge in [0.15, 0.2) is 0 Å². The number of nitrogens with one attached hydrogen (secondary N) is 2. The minimum absolute atomic E-state index is 0.0830. The minimum Gasteiger partial charge on any atom is -0.478 e. The molecule has 0 unspecified atom stereocenters. The van der Waals surface area contributed by atoms with E-state index in [4.69, 9.17) is 5.11 Å². The molecule has 2 heterocycles. The maximum absolute atomic E-state index is 12.2. The summed E-state index contributed by atoms with van der Waals surface area (Å²) in [6.07, 6.45) is 5.37. The van der Waals surface area contributed by atoms with E-state index in [0.29, 0.717) is 25.6 Å². The second-order valence-corrected chi connectivity index (χ2v) is 5.93. The molecule has 0 aliphatic carbocycles. The van der Waals surface area contributed by atoms with Crippen molar-refractivity contribution in [3.05, 3.63) is 53.6 Å². The van der Waals surface area contributed by atoms with Crippen molar-refractivity contribution >= 4 is 12.0 Å². The van der Waals surface area contributed by atoms with Gasteiger partial charge in [0.25, 0.3) is 0 Å². The van der Waals surface area contributed by atoms with Crippen LogP contribution in [0, 0.1) is 0 Å². The van der Waals surface area contributed by atoms with Crippen LogP contribution in [0.15, 0.2) is 36.8 Å². The second-order valence-electron chi connectivity index (χ2n) is 5.93. The Labute approximate surface area is 139 Å². The standard InChI is InChI=1S/C17H20N4O3/c22-16(23)14-3-1-12(2-4-14)9-19-17(24)21-7-5-13(6-8-21)15-10-18-11-20-15/h1-4,10-11,13H,5-9H2,(H,18,20)(H,19,24)(H,22,23). The second kappa shape index (κ2) is 7.16. The van der Waals surface area contributed by atoms with Gasteiger partial charge < -0.3 is 20.3 Å². The number of benzene rings is 1. The summed E-state index contributed by atoms with van der Waals surface area (Å²) in [5, 5.41) is 11.8. The highest BCUT2D eigenvalue weighted by molar-refractivity contribution is 5.87. The molecular weight excluding hydrogens is 308 g/mol. The number of hydrogen-bond acceptors (Lipinski definition) is 3. The smallest absolute Gasteiger partial charge is 0.335 e. The summed E-state index contributed by atoms with van der Waals surface area (Å²) in [7, 11) is 0. The zero-order chi connectivity index (χ0) is 16.9. The van der Waals surface area contributed by atoms with Crippen molar-refractivity contribution in [3.8, 4) is 0 Å². The van der Waals surface area contributed by atoms with Crippen molar-refractivity contribution in [1.82, 2.24) is 20.2 Å². The molecule has 7 nitrogen and oxygen atoms in total. The van der Waals surface area contributed by atoms with Crippen molar-refractivity contribution in [2.24, 2.45) is 0 Å². The number of likely N-dealkylation sites (tertiary alicyclic amines) is 1. The fourth-order valence-corrected chi connectivity index (χ4v) is 2.94. The molecular formula is C17H20N4O3. The lowest BCUT2D eigenvalue weighted by Gasteiger charge is -2.31. The molecule has 1 aliphatic heterocycles. The predicted molar refractivity (Wildman–Crippen MR) is 87.8 cm³/mol. The Bertz CT molecular complexity index is 689. The van der Waals surface area contributed by atoms with Crippen LogP contribution in [-0.4, -0.2) is 45.1 Å². The number of aromatic nitrogens is 2. The highest BCUT2D eigenvalue weighted by Crippen LogP contribution is 2.26. The summed E-state index contributed by atoms with van der Waals surface area (Å²) in [6.45, 7) is 1.82. The fraction of sp³-hybridized carbons (Fsp3) is 0.353. The molecule has 0 spiro atoms. The molecule has 24 heavy (non-hydrogen) atoms. The van der Waals surface area contributed by atoms with Crippen LogP contribution in [0.3, 0.4) is 0 Å². The predicted octanol–water partition coefficient (Wildman–Crippen LogP) is 2.20. The summed E-state index contributed by atoms with van der Waals surface area (Å²) < 4.78 is 0. The Morgan fingerprint density at radius 2 is 1.96 bits per heavy atom. The lowest BCUT2D eigenvalue weighted by atomic mass is 9.94. The number of carboxylic acid groups (broad SMARTS) is 1. The van der Waals surface area contributed by atoms with Crippen LogP contribution in [0.4, 0.5) is 4.79 Å². The van der Waals surface area contributed by atoms with E-state index in [0.717, 1.165) is 24.1 Å². The Morgan fingerprint density at radius 3 is 2.54 bits per heavy atom. The van der Waals surface area contributed by atoms with Crippen LogP contribution in [0.1, 0.15) is 40.4 Å². The fourth-order valence-electron chi connectivity index (χ4n) is 2.94. The topological polar surface area (TPSA) is 98.3 Å². The van der Waals surface area contributed by atoms with Gasteiger partial charge in [-0.25, -0.2) is 14.6 Å². The van der Waals surface area contributed by atoms with Crippen molar-refractivity contribution in [2.75, 3.05) is 13.1 Å². The number of hydrogen-bond donors (Lipinski definition) is 3. The number of imidazole rings is 1. The average Bonchev–Trinajstić information content (AvgIpc) is 3.15. The Morgan fingerprint density at radius 1 is 1.25 bits per heavy atom. The zero-order valence-corrected chi connectivity index (χ0v) is 13.2. The number of carboxylic acids is 1. The maximum atomic E-state index is 12.2. The molecule has 126 valence electrons. The summed E-state index contributed by atoms with van der Waals surface area (Å²) in [4.78, 5) is 32.1. The first-order valence-corrected chi connectivity index (χ1v) is 7.97. The van der Waals surface area contributed by atoms with Crippen molar-refractivity contribution in [3.63, 3.8) is 0 Å². The van der Waals surface area contributed by atoms with Gasteiger partial charge in [-0.3, -0.25) is 0 Å². The van der Waals surface area contributed by atoms with E-state index in [1.165, 1.54) is 0 Å². The first-order valence-electron chi connectivity index (χ1n) is 7.97.